The van der Waals surface area contributed by atoms with Crippen molar-refractivity contribution in [2.75, 3.05) is 6.61 Å². The molecule has 1 unspecified atom stereocenters. The van der Waals surface area contributed by atoms with E-state index in [0.29, 0.717) is 12.5 Å². The smallest absolute Gasteiger partial charge is 0.0584 e. The number of benzene rings is 1. The molecule has 0 amide bonds. The van der Waals surface area contributed by atoms with Gasteiger partial charge in [-0.1, -0.05) is 43.6 Å². The predicted molar refractivity (Wildman–Crippen MR) is 68.6 cm³/mol. The van der Waals surface area contributed by atoms with Gasteiger partial charge in [0.1, 0.15) is 0 Å². The Morgan fingerprint density at radius 2 is 2.00 bits per heavy atom. The van der Waals surface area contributed by atoms with Gasteiger partial charge in [-0.25, -0.2) is 0 Å². The number of nitrogens with one attached hydrogen (secondary N) is 1. The molecule has 0 heterocycles. The first kappa shape index (κ1) is 13.5. The number of aliphatic hydroxyl groups is 1. The van der Waals surface area contributed by atoms with Gasteiger partial charge in [0.25, 0.3) is 0 Å². The van der Waals surface area contributed by atoms with Crippen LogP contribution in [0.4, 0.5) is 0 Å². The van der Waals surface area contributed by atoms with Gasteiger partial charge in [0.05, 0.1) is 6.61 Å². The Hall–Kier alpha value is -0.570. The molecule has 90 valence electrons. The highest BCUT2D eigenvalue weighted by atomic mass is 35.5. The lowest BCUT2D eigenvalue weighted by atomic mass is 10.0. The zero-order chi connectivity index (χ0) is 12.0. The highest BCUT2D eigenvalue weighted by Crippen LogP contribution is 2.15. The molecular weight excluding hydrogens is 222 g/mol. The van der Waals surface area contributed by atoms with E-state index >= 15 is 0 Å². The summed E-state index contributed by atoms with van der Waals surface area (Å²) in [4.78, 5) is 0. The Kier molecular flexibility index (Phi) is 5.81. The average Bonchev–Trinajstić information content (AvgIpc) is 2.25. The second-order valence-electron chi connectivity index (χ2n) is 4.48. The first-order valence-electron chi connectivity index (χ1n) is 5.71. The molecule has 0 saturated heterocycles. The van der Waals surface area contributed by atoms with E-state index in [9.17, 15) is 5.11 Å². The van der Waals surface area contributed by atoms with E-state index in [1.54, 1.807) is 0 Å². The molecule has 0 radical (unpaired) electrons. The fourth-order valence-corrected chi connectivity index (χ4v) is 1.89. The largest absolute Gasteiger partial charge is 0.395 e. The Morgan fingerprint density at radius 1 is 1.31 bits per heavy atom. The van der Waals surface area contributed by atoms with Gasteiger partial charge in [0.15, 0.2) is 0 Å². The van der Waals surface area contributed by atoms with E-state index in [2.05, 4.69) is 19.2 Å². The van der Waals surface area contributed by atoms with E-state index in [0.717, 1.165) is 17.0 Å². The summed E-state index contributed by atoms with van der Waals surface area (Å²) in [7, 11) is 0. The van der Waals surface area contributed by atoms with Crippen LogP contribution in [0.5, 0.6) is 0 Å². The van der Waals surface area contributed by atoms with Crippen LogP contribution in [0.2, 0.25) is 5.02 Å². The lowest BCUT2D eigenvalue weighted by Crippen LogP contribution is -2.33. The van der Waals surface area contributed by atoms with Gasteiger partial charge in [-0.15, -0.1) is 0 Å². The van der Waals surface area contributed by atoms with Crippen LogP contribution < -0.4 is 5.32 Å². The van der Waals surface area contributed by atoms with Crippen LogP contribution in [0.3, 0.4) is 0 Å². The van der Waals surface area contributed by atoms with Crippen molar-refractivity contribution >= 4 is 11.6 Å². The third kappa shape index (κ3) is 4.52. The fraction of sp³-hybridized carbons (Fsp3) is 0.538. The standard InChI is InChI=1S/C13H20ClNO/c1-10(2)7-12(9-16)15-8-11-5-3-4-6-13(11)14/h3-6,10,12,15-16H,7-9H2,1-2H3. The molecule has 0 aliphatic heterocycles. The minimum atomic E-state index is 0.149. The summed E-state index contributed by atoms with van der Waals surface area (Å²) in [5.74, 6) is 0.580. The van der Waals surface area contributed by atoms with Crippen molar-refractivity contribution in [2.45, 2.75) is 32.9 Å². The second-order valence-corrected chi connectivity index (χ2v) is 4.89. The van der Waals surface area contributed by atoms with Crippen LogP contribution in [0.1, 0.15) is 25.8 Å². The molecule has 0 aromatic heterocycles. The molecular formula is C13H20ClNO. The molecule has 1 rings (SSSR count). The zero-order valence-corrected chi connectivity index (χ0v) is 10.7. The molecule has 16 heavy (non-hydrogen) atoms. The van der Waals surface area contributed by atoms with E-state index in [4.69, 9.17) is 11.6 Å². The maximum Gasteiger partial charge on any atom is 0.0584 e. The number of hydrogen-bond donors (Lipinski definition) is 2. The normalized spacial score (nSPS) is 13.1. The van der Waals surface area contributed by atoms with Crippen LogP contribution in [0.25, 0.3) is 0 Å². The molecule has 0 spiro atoms. The SMILES string of the molecule is CC(C)CC(CO)NCc1ccccc1Cl. The molecule has 1 aromatic rings. The lowest BCUT2D eigenvalue weighted by molar-refractivity contribution is 0.223. The van der Waals surface area contributed by atoms with Crippen LogP contribution in [0, 0.1) is 5.92 Å². The van der Waals surface area contributed by atoms with Gasteiger partial charge in [-0.2, -0.15) is 0 Å². The number of halogens is 1. The van der Waals surface area contributed by atoms with Gasteiger partial charge in [-0.05, 0) is 24.0 Å². The van der Waals surface area contributed by atoms with Gasteiger partial charge in [0.2, 0.25) is 0 Å². The van der Waals surface area contributed by atoms with Crippen molar-refractivity contribution in [1.29, 1.82) is 0 Å². The van der Waals surface area contributed by atoms with Crippen LogP contribution in [-0.2, 0) is 6.54 Å². The Morgan fingerprint density at radius 3 is 2.56 bits per heavy atom. The maximum absolute atomic E-state index is 9.23. The average molecular weight is 242 g/mol. The third-order valence-corrected chi connectivity index (χ3v) is 2.88. The van der Waals surface area contributed by atoms with E-state index in [1.165, 1.54) is 0 Å². The highest BCUT2D eigenvalue weighted by molar-refractivity contribution is 6.31. The van der Waals surface area contributed by atoms with E-state index < -0.39 is 0 Å². The summed E-state index contributed by atoms with van der Waals surface area (Å²) in [5, 5.41) is 13.3. The minimum absolute atomic E-state index is 0.149. The molecule has 0 aliphatic rings. The molecule has 1 atom stereocenters. The Labute approximate surface area is 103 Å². The summed E-state index contributed by atoms with van der Waals surface area (Å²) >= 11 is 6.05. The van der Waals surface area contributed by atoms with Crippen molar-refractivity contribution in [2.24, 2.45) is 5.92 Å². The quantitative estimate of drug-likeness (QED) is 0.803. The van der Waals surface area contributed by atoms with Crippen molar-refractivity contribution in [3.63, 3.8) is 0 Å². The predicted octanol–water partition coefficient (Wildman–Crippen LogP) is 2.84. The molecule has 2 nitrogen and oxygen atoms in total. The van der Waals surface area contributed by atoms with Crippen molar-refractivity contribution in [3.05, 3.63) is 34.9 Å². The molecule has 1 aromatic carbocycles. The van der Waals surface area contributed by atoms with Gasteiger partial charge < -0.3 is 10.4 Å². The van der Waals surface area contributed by atoms with Crippen molar-refractivity contribution < 1.29 is 5.11 Å². The summed E-state index contributed by atoms with van der Waals surface area (Å²) in [5.41, 5.74) is 1.08. The van der Waals surface area contributed by atoms with Crippen molar-refractivity contribution in [1.82, 2.24) is 5.32 Å². The summed E-state index contributed by atoms with van der Waals surface area (Å²) in [6, 6.07) is 7.92. The maximum atomic E-state index is 9.23. The summed E-state index contributed by atoms with van der Waals surface area (Å²) < 4.78 is 0. The Bertz CT molecular complexity index is 315. The molecule has 0 fully saturated rings. The number of rotatable bonds is 6. The zero-order valence-electron chi connectivity index (χ0n) is 9.91. The fourth-order valence-electron chi connectivity index (χ4n) is 1.69. The minimum Gasteiger partial charge on any atom is -0.395 e. The lowest BCUT2D eigenvalue weighted by Gasteiger charge is -2.18. The van der Waals surface area contributed by atoms with Crippen LogP contribution in [-0.4, -0.2) is 17.8 Å². The molecule has 0 saturated carbocycles. The number of hydrogen-bond acceptors (Lipinski definition) is 2. The summed E-state index contributed by atoms with van der Waals surface area (Å²) in [6.07, 6.45) is 0.973. The summed E-state index contributed by atoms with van der Waals surface area (Å²) in [6.45, 7) is 5.18. The van der Waals surface area contributed by atoms with E-state index in [-0.39, 0.29) is 12.6 Å². The molecule has 3 heteroatoms. The van der Waals surface area contributed by atoms with Crippen molar-refractivity contribution in [3.8, 4) is 0 Å². The monoisotopic (exact) mass is 241 g/mol. The van der Waals surface area contributed by atoms with Crippen LogP contribution in [0.15, 0.2) is 24.3 Å². The number of aliphatic hydroxyl groups excluding tert-OH is 1. The van der Waals surface area contributed by atoms with Gasteiger partial charge >= 0.3 is 0 Å². The first-order valence-corrected chi connectivity index (χ1v) is 6.09. The Balaban J connectivity index is 2.46. The molecule has 0 aliphatic carbocycles. The van der Waals surface area contributed by atoms with E-state index in [1.807, 2.05) is 24.3 Å². The van der Waals surface area contributed by atoms with Crippen LogP contribution >= 0.6 is 11.6 Å². The topological polar surface area (TPSA) is 32.3 Å². The van der Waals surface area contributed by atoms with Gasteiger partial charge in [-0.3, -0.25) is 0 Å². The first-order chi connectivity index (χ1) is 7.63. The second kappa shape index (κ2) is 6.89. The molecule has 2 N–H and O–H groups in total. The third-order valence-electron chi connectivity index (χ3n) is 2.52. The van der Waals surface area contributed by atoms with Gasteiger partial charge in [0, 0.05) is 17.6 Å². The molecule has 0 bridgehead atoms. The highest BCUT2D eigenvalue weighted by Gasteiger charge is 2.09.